The summed E-state index contributed by atoms with van der Waals surface area (Å²) in [5.41, 5.74) is 7.01. The van der Waals surface area contributed by atoms with E-state index in [1.165, 1.54) is 0 Å². The minimum Gasteiger partial charge on any atom is -0.386 e. The highest BCUT2D eigenvalue weighted by Crippen LogP contribution is 2.27. The fraction of sp³-hybridized carbons (Fsp3) is 0.600. The van der Waals surface area contributed by atoms with Gasteiger partial charge in [-0.3, -0.25) is 0 Å². The van der Waals surface area contributed by atoms with Crippen LogP contribution in [0.25, 0.3) is 0 Å². The Morgan fingerprint density at radius 2 is 2.08 bits per heavy atom. The maximum absolute atomic E-state index is 9.91. The van der Waals surface area contributed by atoms with Crippen LogP contribution in [0.4, 0.5) is 0 Å². The molecule has 0 saturated carbocycles. The molecule has 1 aromatic heterocycles. The highest BCUT2D eigenvalue weighted by molar-refractivity contribution is 7.10. The van der Waals surface area contributed by atoms with Gasteiger partial charge in [-0.15, -0.1) is 11.3 Å². The third-order valence-electron chi connectivity index (χ3n) is 2.30. The lowest BCUT2D eigenvalue weighted by atomic mass is 9.97. The van der Waals surface area contributed by atoms with E-state index in [4.69, 9.17) is 5.73 Å². The molecule has 1 heterocycles. The second-order valence-electron chi connectivity index (χ2n) is 3.73. The first kappa shape index (κ1) is 10.7. The minimum atomic E-state index is -0.514. The lowest BCUT2D eigenvalue weighted by Crippen LogP contribution is -2.33. The van der Waals surface area contributed by atoms with Crippen molar-refractivity contribution in [3.8, 4) is 0 Å². The van der Waals surface area contributed by atoms with E-state index in [9.17, 15) is 5.11 Å². The first-order valence-corrected chi connectivity index (χ1v) is 5.39. The summed E-state index contributed by atoms with van der Waals surface area (Å²) < 4.78 is 0. The molecule has 0 aliphatic rings. The van der Waals surface area contributed by atoms with E-state index in [0.717, 1.165) is 10.4 Å². The Hall–Kier alpha value is -0.380. The number of nitrogens with two attached hydrogens (primary N) is 1. The van der Waals surface area contributed by atoms with E-state index in [2.05, 4.69) is 0 Å². The molecular weight excluding hydrogens is 182 g/mol. The van der Waals surface area contributed by atoms with Gasteiger partial charge in [0.05, 0.1) is 0 Å². The van der Waals surface area contributed by atoms with Crippen LogP contribution in [0.1, 0.15) is 30.4 Å². The van der Waals surface area contributed by atoms with Crippen LogP contribution in [0.2, 0.25) is 0 Å². The van der Waals surface area contributed by atoms with Crippen LogP contribution >= 0.6 is 11.3 Å². The van der Waals surface area contributed by atoms with Gasteiger partial charge < -0.3 is 10.8 Å². The van der Waals surface area contributed by atoms with Gasteiger partial charge in [-0.2, -0.15) is 0 Å². The van der Waals surface area contributed by atoms with E-state index in [0.29, 0.717) is 5.92 Å². The van der Waals surface area contributed by atoms with Crippen LogP contribution < -0.4 is 5.73 Å². The molecule has 3 heteroatoms. The monoisotopic (exact) mass is 199 g/mol. The zero-order chi connectivity index (χ0) is 10.0. The van der Waals surface area contributed by atoms with E-state index in [1.807, 2.05) is 32.2 Å². The molecular formula is C10H17NOS. The second-order valence-corrected chi connectivity index (χ2v) is 4.68. The Balaban J connectivity index is 2.79. The number of rotatable bonds is 3. The van der Waals surface area contributed by atoms with E-state index in [-0.39, 0.29) is 6.04 Å². The first-order valence-electron chi connectivity index (χ1n) is 4.51. The van der Waals surface area contributed by atoms with Gasteiger partial charge in [0.25, 0.3) is 0 Å². The molecule has 0 saturated heterocycles. The third kappa shape index (κ3) is 2.30. The summed E-state index contributed by atoms with van der Waals surface area (Å²) in [7, 11) is 0. The van der Waals surface area contributed by atoms with Gasteiger partial charge in [0, 0.05) is 10.9 Å². The fourth-order valence-electron chi connectivity index (χ4n) is 1.23. The smallest absolute Gasteiger partial charge is 0.104 e. The average Bonchev–Trinajstić information content (AvgIpc) is 2.48. The van der Waals surface area contributed by atoms with Crippen molar-refractivity contribution in [2.45, 2.75) is 32.9 Å². The molecule has 2 atom stereocenters. The number of hydrogen-bond donors (Lipinski definition) is 2. The van der Waals surface area contributed by atoms with Crippen molar-refractivity contribution in [3.05, 3.63) is 21.9 Å². The number of aliphatic hydroxyl groups is 1. The SMILES string of the molecule is Cc1ccsc1[C@@H](O)[C@@H](N)C(C)C. The Kier molecular flexibility index (Phi) is 3.47. The molecule has 74 valence electrons. The molecule has 0 radical (unpaired) electrons. The van der Waals surface area contributed by atoms with Crippen molar-refractivity contribution in [1.82, 2.24) is 0 Å². The third-order valence-corrected chi connectivity index (χ3v) is 3.39. The van der Waals surface area contributed by atoms with Gasteiger partial charge in [0.15, 0.2) is 0 Å². The summed E-state index contributed by atoms with van der Waals surface area (Å²) in [6, 6.07) is 1.84. The summed E-state index contributed by atoms with van der Waals surface area (Å²) >= 11 is 1.57. The van der Waals surface area contributed by atoms with Crippen LogP contribution in [-0.4, -0.2) is 11.1 Å². The zero-order valence-corrected chi connectivity index (χ0v) is 9.14. The summed E-state index contributed by atoms with van der Waals surface area (Å²) in [6.07, 6.45) is -0.514. The Bertz CT molecular complexity index is 270. The molecule has 0 aliphatic carbocycles. The van der Waals surface area contributed by atoms with Crippen molar-refractivity contribution in [3.63, 3.8) is 0 Å². The van der Waals surface area contributed by atoms with E-state index >= 15 is 0 Å². The molecule has 0 unspecified atom stereocenters. The maximum Gasteiger partial charge on any atom is 0.104 e. The molecule has 1 rings (SSSR count). The van der Waals surface area contributed by atoms with Gasteiger partial charge >= 0.3 is 0 Å². The predicted octanol–water partition coefficient (Wildman–Crippen LogP) is 2.07. The maximum atomic E-state index is 9.91. The van der Waals surface area contributed by atoms with Gasteiger partial charge in [-0.25, -0.2) is 0 Å². The van der Waals surface area contributed by atoms with Crippen LogP contribution in [0.15, 0.2) is 11.4 Å². The van der Waals surface area contributed by atoms with Crippen molar-refractivity contribution in [1.29, 1.82) is 0 Å². The molecule has 13 heavy (non-hydrogen) atoms. The largest absolute Gasteiger partial charge is 0.386 e. The Morgan fingerprint density at radius 3 is 2.46 bits per heavy atom. The molecule has 0 bridgehead atoms. The van der Waals surface area contributed by atoms with E-state index < -0.39 is 6.10 Å². The summed E-state index contributed by atoms with van der Waals surface area (Å²) in [5.74, 6) is 0.302. The van der Waals surface area contributed by atoms with Crippen molar-refractivity contribution >= 4 is 11.3 Å². The molecule has 3 N–H and O–H groups in total. The highest BCUT2D eigenvalue weighted by Gasteiger charge is 2.22. The summed E-state index contributed by atoms with van der Waals surface area (Å²) in [5, 5.41) is 11.9. The van der Waals surface area contributed by atoms with Gasteiger partial charge in [-0.1, -0.05) is 13.8 Å². The number of hydrogen-bond acceptors (Lipinski definition) is 3. The molecule has 0 spiro atoms. The zero-order valence-electron chi connectivity index (χ0n) is 8.32. The second kappa shape index (κ2) is 4.22. The van der Waals surface area contributed by atoms with Crippen molar-refractivity contribution in [2.24, 2.45) is 11.7 Å². The van der Waals surface area contributed by atoms with Gasteiger partial charge in [0.1, 0.15) is 6.10 Å². The highest BCUT2D eigenvalue weighted by atomic mass is 32.1. The molecule has 0 fully saturated rings. The van der Waals surface area contributed by atoms with Crippen LogP contribution in [0.3, 0.4) is 0 Å². The standard InChI is InChI=1S/C10H17NOS/c1-6(2)8(11)9(12)10-7(3)4-5-13-10/h4-6,8-9,12H,11H2,1-3H3/t8-,9-/m0/s1. The molecule has 0 aromatic carbocycles. The van der Waals surface area contributed by atoms with Crippen LogP contribution in [0, 0.1) is 12.8 Å². The molecule has 0 aliphatic heterocycles. The van der Waals surface area contributed by atoms with Crippen molar-refractivity contribution in [2.75, 3.05) is 0 Å². The molecule has 2 nitrogen and oxygen atoms in total. The normalized spacial score (nSPS) is 16.2. The van der Waals surface area contributed by atoms with Crippen LogP contribution in [0.5, 0.6) is 0 Å². The number of aryl methyl sites for hydroxylation is 1. The van der Waals surface area contributed by atoms with E-state index in [1.54, 1.807) is 11.3 Å². The molecule has 1 aromatic rings. The minimum absolute atomic E-state index is 0.169. The average molecular weight is 199 g/mol. The lowest BCUT2D eigenvalue weighted by Gasteiger charge is -2.21. The summed E-state index contributed by atoms with van der Waals surface area (Å²) in [6.45, 7) is 6.05. The predicted molar refractivity (Wildman–Crippen MR) is 56.8 cm³/mol. The first-order chi connectivity index (χ1) is 6.04. The number of aliphatic hydroxyl groups excluding tert-OH is 1. The Labute approximate surface area is 83.4 Å². The Morgan fingerprint density at radius 1 is 1.46 bits per heavy atom. The van der Waals surface area contributed by atoms with Crippen LogP contribution in [-0.2, 0) is 0 Å². The quantitative estimate of drug-likeness (QED) is 0.783. The molecule has 0 amide bonds. The fourth-order valence-corrected chi connectivity index (χ4v) is 2.20. The van der Waals surface area contributed by atoms with Gasteiger partial charge in [0.2, 0.25) is 0 Å². The number of thiophene rings is 1. The topological polar surface area (TPSA) is 46.2 Å². The van der Waals surface area contributed by atoms with Crippen molar-refractivity contribution < 1.29 is 5.11 Å². The van der Waals surface area contributed by atoms with Gasteiger partial charge in [-0.05, 0) is 29.9 Å². The summed E-state index contributed by atoms with van der Waals surface area (Å²) in [4.78, 5) is 1.00. The lowest BCUT2D eigenvalue weighted by molar-refractivity contribution is 0.128.